The van der Waals surface area contributed by atoms with Crippen LogP contribution in [-0.2, 0) is 10.0 Å². The number of sulfonamides is 1. The molecule has 9 heteroatoms. The van der Waals surface area contributed by atoms with Gasteiger partial charge in [-0.3, -0.25) is 10.1 Å². The van der Waals surface area contributed by atoms with Crippen molar-refractivity contribution < 1.29 is 17.6 Å². The van der Waals surface area contributed by atoms with Crippen LogP contribution in [0.25, 0.3) is 11.3 Å². The number of rotatable bonds is 5. The molecule has 1 heterocycles. The number of thiazole rings is 1. The van der Waals surface area contributed by atoms with Gasteiger partial charge in [-0.2, -0.15) is 0 Å². The zero-order valence-corrected chi connectivity index (χ0v) is 18.9. The maximum atomic E-state index is 13.2. The highest BCUT2D eigenvalue weighted by Crippen LogP contribution is 2.31. The lowest BCUT2D eigenvalue weighted by molar-refractivity contribution is 0.102. The Morgan fingerprint density at radius 3 is 2.33 bits per heavy atom. The summed E-state index contributed by atoms with van der Waals surface area (Å²) in [5, 5.41) is 3.12. The van der Waals surface area contributed by atoms with Crippen molar-refractivity contribution >= 4 is 32.4 Å². The molecule has 30 heavy (non-hydrogen) atoms. The molecule has 0 spiro atoms. The van der Waals surface area contributed by atoms with E-state index in [0.29, 0.717) is 22.0 Å². The van der Waals surface area contributed by atoms with Crippen LogP contribution in [0, 0.1) is 26.6 Å². The number of aromatic nitrogens is 1. The van der Waals surface area contributed by atoms with Crippen LogP contribution in [0.4, 0.5) is 9.52 Å². The summed E-state index contributed by atoms with van der Waals surface area (Å²) in [6.07, 6.45) is 0. The van der Waals surface area contributed by atoms with Crippen molar-refractivity contribution in [3.8, 4) is 11.3 Å². The molecular formula is C21H22FN3O3S2. The summed E-state index contributed by atoms with van der Waals surface area (Å²) in [5.41, 5.74) is 2.94. The molecule has 1 N–H and O–H groups in total. The number of carbonyl (C=O) groups is 1. The molecule has 2 aromatic carbocycles. The third kappa shape index (κ3) is 4.28. The first-order chi connectivity index (χ1) is 14.0. The maximum Gasteiger partial charge on any atom is 0.257 e. The van der Waals surface area contributed by atoms with Gasteiger partial charge in [0.25, 0.3) is 5.91 Å². The molecule has 0 bridgehead atoms. The number of hydrogen-bond donors (Lipinski definition) is 1. The monoisotopic (exact) mass is 447 g/mol. The van der Waals surface area contributed by atoms with Crippen LogP contribution in [0.15, 0.2) is 41.3 Å². The largest absolute Gasteiger partial charge is 0.298 e. The SMILES string of the molecule is Cc1cc(C(=O)Nc2nc(-c3ccc(F)cc3)c(C)s2)cc(S(=O)(=O)N(C)C)c1C. The molecule has 1 amide bonds. The number of carbonyl (C=O) groups excluding carboxylic acids is 1. The second-order valence-corrected chi connectivity index (χ2v) is 10.4. The van der Waals surface area contributed by atoms with Gasteiger partial charge < -0.3 is 0 Å². The predicted molar refractivity (Wildman–Crippen MR) is 117 cm³/mol. The topological polar surface area (TPSA) is 79.4 Å². The van der Waals surface area contributed by atoms with Gasteiger partial charge in [0.2, 0.25) is 10.0 Å². The molecule has 3 rings (SSSR count). The van der Waals surface area contributed by atoms with Gasteiger partial charge in [-0.05, 0) is 68.3 Å². The minimum Gasteiger partial charge on any atom is -0.298 e. The Morgan fingerprint density at radius 1 is 1.10 bits per heavy atom. The fraction of sp³-hybridized carbons (Fsp3) is 0.238. The second kappa shape index (κ2) is 8.25. The average Bonchev–Trinajstić information content (AvgIpc) is 3.04. The van der Waals surface area contributed by atoms with E-state index in [1.165, 1.54) is 43.6 Å². The third-order valence-electron chi connectivity index (χ3n) is 4.78. The number of hydrogen-bond acceptors (Lipinski definition) is 5. The minimum atomic E-state index is -3.69. The van der Waals surface area contributed by atoms with Crippen molar-refractivity contribution in [3.63, 3.8) is 0 Å². The zero-order chi connectivity index (χ0) is 22.2. The fourth-order valence-electron chi connectivity index (χ4n) is 2.92. The lowest BCUT2D eigenvalue weighted by Gasteiger charge is -2.16. The Morgan fingerprint density at radius 2 is 1.73 bits per heavy atom. The normalized spacial score (nSPS) is 11.7. The number of nitrogens with one attached hydrogen (secondary N) is 1. The number of amides is 1. The van der Waals surface area contributed by atoms with E-state index in [4.69, 9.17) is 0 Å². The van der Waals surface area contributed by atoms with Crippen LogP contribution in [0.1, 0.15) is 26.4 Å². The zero-order valence-electron chi connectivity index (χ0n) is 17.3. The van der Waals surface area contributed by atoms with E-state index in [1.54, 1.807) is 32.0 Å². The predicted octanol–water partition coefficient (Wildman–Crippen LogP) is 4.38. The number of nitrogens with zero attached hydrogens (tertiary/aromatic N) is 2. The molecule has 1 aromatic heterocycles. The third-order valence-corrected chi connectivity index (χ3v) is 7.60. The van der Waals surface area contributed by atoms with Gasteiger partial charge in [0.15, 0.2) is 5.13 Å². The van der Waals surface area contributed by atoms with Crippen LogP contribution >= 0.6 is 11.3 Å². The van der Waals surface area contributed by atoms with Gasteiger partial charge in [0.05, 0.1) is 10.6 Å². The van der Waals surface area contributed by atoms with Crippen LogP contribution in [-0.4, -0.2) is 37.7 Å². The second-order valence-electron chi connectivity index (χ2n) is 7.09. The molecule has 0 unspecified atom stereocenters. The molecular weight excluding hydrogens is 425 g/mol. The van der Waals surface area contributed by atoms with E-state index in [-0.39, 0.29) is 16.3 Å². The van der Waals surface area contributed by atoms with Crippen molar-refractivity contribution in [2.75, 3.05) is 19.4 Å². The average molecular weight is 448 g/mol. The quantitative estimate of drug-likeness (QED) is 0.630. The van der Waals surface area contributed by atoms with Crippen LogP contribution in [0.2, 0.25) is 0 Å². The van der Waals surface area contributed by atoms with Crippen molar-refractivity contribution in [3.05, 3.63) is 63.8 Å². The first-order valence-electron chi connectivity index (χ1n) is 9.09. The summed E-state index contributed by atoms with van der Waals surface area (Å²) in [7, 11) is -0.790. The van der Waals surface area contributed by atoms with Gasteiger partial charge in [0, 0.05) is 30.1 Å². The van der Waals surface area contributed by atoms with Crippen LogP contribution in [0.3, 0.4) is 0 Å². The Balaban J connectivity index is 1.93. The molecule has 0 aliphatic rings. The highest BCUT2D eigenvalue weighted by molar-refractivity contribution is 7.89. The van der Waals surface area contributed by atoms with E-state index in [2.05, 4.69) is 10.3 Å². The van der Waals surface area contributed by atoms with Crippen LogP contribution < -0.4 is 5.32 Å². The Bertz CT molecular complexity index is 1220. The number of anilines is 1. The van der Waals surface area contributed by atoms with Gasteiger partial charge in [-0.25, -0.2) is 22.1 Å². The molecule has 0 aliphatic carbocycles. The summed E-state index contributed by atoms with van der Waals surface area (Å²) in [6, 6.07) is 9.01. The van der Waals surface area contributed by atoms with Crippen molar-refractivity contribution in [2.24, 2.45) is 0 Å². The van der Waals surface area contributed by atoms with Crippen molar-refractivity contribution in [1.82, 2.24) is 9.29 Å². The van der Waals surface area contributed by atoms with Gasteiger partial charge in [0.1, 0.15) is 5.82 Å². The van der Waals surface area contributed by atoms with E-state index < -0.39 is 15.9 Å². The lowest BCUT2D eigenvalue weighted by Crippen LogP contribution is -2.24. The number of benzene rings is 2. The van der Waals surface area contributed by atoms with Crippen molar-refractivity contribution in [2.45, 2.75) is 25.7 Å². The van der Waals surface area contributed by atoms with E-state index in [9.17, 15) is 17.6 Å². The Hall–Kier alpha value is -2.62. The summed E-state index contributed by atoms with van der Waals surface area (Å²) in [4.78, 5) is 18.2. The van der Waals surface area contributed by atoms with E-state index in [0.717, 1.165) is 14.7 Å². The Kier molecular flexibility index (Phi) is 6.07. The van der Waals surface area contributed by atoms with Gasteiger partial charge in [-0.1, -0.05) is 0 Å². The molecule has 3 aromatic rings. The Labute approximate surface area is 179 Å². The number of halogens is 1. The smallest absolute Gasteiger partial charge is 0.257 e. The summed E-state index contributed by atoms with van der Waals surface area (Å²) in [5.74, 6) is -0.786. The molecule has 0 atom stereocenters. The highest BCUT2D eigenvalue weighted by Gasteiger charge is 2.23. The van der Waals surface area contributed by atoms with Crippen LogP contribution in [0.5, 0.6) is 0 Å². The minimum absolute atomic E-state index is 0.0972. The first kappa shape index (κ1) is 22.1. The molecule has 0 aliphatic heterocycles. The summed E-state index contributed by atoms with van der Waals surface area (Å²) in [6.45, 7) is 5.34. The van der Waals surface area contributed by atoms with E-state index in [1.807, 2.05) is 6.92 Å². The highest BCUT2D eigenvalue weighted by atomic mass is 32.2. The molecule has 158 valence electrons. The summed E-state index contributed by atoms with van der Waals surface area (Å²) >= 11 is 1.30. The van der Waals surface area contributed by atoms with E-state index >= 15 is 0 Å². The van der Waals surface area contributed by atoms with Gasteiger partial charge >= 0.3 is 0 Å². The molecule has 0 saturated carbocycles. The first-order valence-corrected chi connectivity index (χ1v) is 11.3. The number of aryl methyl sites for hydroxylation is 2. The lowest BCUT2D eigenvalue weighted by atomic mass is 10.1. The molecule has 6 nitrogen and oxygen atoms in total. The van der Waals surface area contributed by atoms with Crippen molar-refractivity contribution in [1.29, 1.82) is 0 Å². The maximum absolute atomic E-state index is 13.2. The molecule has 0 fully saturated rings. The fourth-order valence-corrected chi connectivity index (χ4v) is 4.97. The van der Waals surface area contributed by atoms with Gasteiger partial charge in [-0.15, -0.1) is 11.3 Å². The molecule has 0 saturated heterocycles. The standard InChI is InChI=1S/C21H22FN3O3S2/c1-12-10-16(11-18(13(12)2)30(27,28)25(4)5)20(26)24-21-23-19(14(3)29-21)15-6-8-17(22)9-7-15/h6-11H,1-5H3,(H,23,24,26). The summed E-state index contributed by atoms with van der Waals surface area (Å²) < 4.78 is 39.5. The molecule has 0 radical (unpaired) electrons.